The van der Waals surface area contributed by atoms with Gasteiger partial charge in [0.15, 0.2) is 0 Å². The van der Waals surface area contributed by atoms with Crippen LogP contribution < -0.4 is 18.3 Å². The van der Waals surface area contributed by atoms with E-state index in [9.17, 15) is 0 Å². The van der Waals surface area contributed by atoms with Crippen molar-refractivity contribution >= 4 is 68.1 Å². The fraction of sp³-hybridized carbons (Fsp3) is 0.0909. The maximum atomic E-state index is 5.48. The molecular formula is C44H36N6SSe+4. The van der Waals surface area contributed by atoms with E-state index in [0.29, 0.717) is 0 Å². The van der Waals surface area contributed by atoms with Crippen LogP contribution in [0.1, 0.15) is 22.8 Å². The summed E-state index contributed by atoms with van der Waals surface area (Å²) in [5.41, 5.74) is 13.1. The van der Waals surface area contributed by atoms with E-state index in [1.165, 1.54) is 19.6 Å². The summed E-state index contributed by atoms with van der Waals surface area (Å²) in [6.07, 6.45) is 25.8. The van der Waals surface area contributed by atoms with Crippen LogP contribution in [0.3, 0.4) is 0 Å². The minimum absolute atomic E-state index is 0.00975. The molecule has 8 heteroatoms. The molecule has 0 amide bonds. The SMILES string of the molecule is C[n+]1ccc(-c2c3nc(c(-c4ccc[n+](C)c4)c4ccc([se]4)c(-c4ccc[n+](C)c4)c4nc(c(-c5cc[n+](C)cc5)c5ccc2s5)C=C4)C=C3)cc1. The average molecular weight is 760 g/mol. The topological polar surface area (TPSA) is 41.3 Å². The van der Waals surface area contributed by atoms with Crippen LogP contribution in [-0.4, -0.2) is 24.5 Å². The van der Waals surface area contributed by atoms with E-state index in [1.807, 2.05) is 0 Å². The number of nitrogens with zero attached hydrogens (tertiary/aromatic N) is 6. The van der Waals surface area contributed by atoms with E-state index in [1.54, 1.807) is 11.3 Å². The van der Waals surface area contributed by atoms with Crippen LogP contribution in [0.15, 0.2) is 122 Å². The van der Waals surface area contributed by atoms with Crippen molar-refractivity contribution in [1.29, 1.82) is 0 Å². The van der Waals surface area contributed by atoms with Crippen LogP contribution in [0.4, 0.5) is 0 Å². The fourth-order valence-electron chi connectivity index (χ4n) is 6.97. The molecule has 2 aliphatic heterocycles. The molecule has 2 aliphatic rings. The molecule has 9 rings (SSSR count). The van der Waals surface area contributed by atoms with E-state index in [2.05, 4.69) is 193 Å². The molecule has 0 unspecified atom stereocenters. The van der Waals surface area contributed by atoms with E-state index >= 15 is 0 Å². The van der Waals surface area contributed by atoms with E-state index in [0.717, 1.165) is 65.6 Å². The Morgan fingerprint density at radius 2 is 0.827 bits per heavy atom. The third-order valence-corrected chi connectivity index (χ3v) is 13.0. The van der Waals surface area contributed by atoms with Crippen molar-refractivity contribution in [2.45, 2.75) is 0 Å². The molecule has 0 N–H and O–H groups in total. The van der Waals surface area contributed by atoms with Crippen molar-refractivity contribution in [3.05, 3.63) is 145 Å². The standard InChI is InChI=1S/C44H36N6SSe/c1-47-23-17-29(18-24-47)41-33-9-11-35(45-33)43(31-7-5-21-49(3)27-31)39-15-16-40(52-39)44(32-8-6-22-50(4)28-32)36-12-10-34(46-36)42(38-14-13-37(41)51-38)30-19-25-48(2)26-20-30/h5-28H,1-4H3/q+4. The molecule has 9 heterocycles. The van der Waals surface area contributed by atoms with Crippen molar-refractivity contribution < 1.29 is 18.3 Å². The van der Waals surface area contributed by atoms with Gasteiger partial charge in [-0.05, 0) is 0 Å². The number of aryl methyl sites for hydroxylation is 4. The van der Waals surface area contributed by atoms with Crippen LogP contribution in [-0.2, 0) is 28.2 Å². The third-order valence-electron chi connectivity index (χ3n) is 9.49. The Balaban J connectivity index is 1.48. The van der Waals surface area contributed by atoms with E-state index < -0.39 is 0 Å². The number of hydrogen-bond donors (Lipinski definition) is 0. The molecular weight excluding hydrogens is 724 g/mol. The molecule has 0 spiro atoms. The predicted octanol–water partition coefficient (Wildman–Crippen LogP) is 7.08. The van der Waals surface area contributed by atoms with Gasteiger partial charge in [0.05, 0.1) is 0 Å². The van der Waals surface area contributed by atoms with Gasteiger partial charge in [-0.15, -0.1) is 0 Å². The van der Waals surface area contributed by atoms with Crippen molar-refractivity contribution in [3.8, 4) is 44.5 Å². The van der Waals surface area contributed by atoms with Crippen LogP contribution in [0.5, 0.6) is 0 Å². The van der Waals surface area contributed by atoms with Crippen LogP contribution >= 0.6 is 11.3 Å². The maximum absolute atomic E-state index is 5.48. The Morgan fingerprint density at radius 3 is 1.23 bits per heavy atom. The van der Waals surface area contributed by atoms with Crippen molar-refractivity contribution in [2.75, 3.05) is 0 Å². The first-order chi connectivity index (χ1) is 25.4. The molecule has 0 atom stereocenters. The normalized spacial score (nSPS) is 12.1. The molecule has 52 heavy (non-hydrogen) atoms. The zero-order valence-electron chi connectivity index (χ0n) is 29.4. The van der Waals surface area contributed by atoms with Gasteiger partial charge in [0.25, 0.3) is 0 Å². The quantitative estimate of drug-likeness (QED) is 0.142. The van der Waals surface area contributed by atoms with E-state index in [4.69, 9.17) is 9.97 Å². The molecule has 7 aromatic heterocycles. The predicted molar refractivity (Wildman–Crippen MR) is 211 cm³/mol. The number of aromatic nitrogens is 6. The van der Waals surface area contributed by atoms with Gasteiger partial charge in [-0.25, -0.2) is 0 Å². The van der Waals surface area contributed by atoms with Crippen LogP contribution in [0.2, 0.25) is 0 Å². The molecule has 0 aromatic carbocycles. The summed E-state index contributed by atoms with van der Waals surface area (Å²) < 4.78 is 13.3. The zero-order chi connectivity index (χ0) is 35.3. The van der Waals surface area contributed by atoms with Gasteiger partial charge in [0.1, 0.15) is 0 Å². The average Bonchev–Trinajstić information content (AvgIpc) is 3.98. The summed E-state index contributed by atoms with van der Waals surface area (Å²) in [5, 5.41) is 0. The Kier molecular flexibility index (Phi) is 8.16. The van der Waals surface area contributed by atoms with Gasteiger partial charge in [-0.3, -0.25) is 0 Å². The Morgan fingerprint density at radius 1 is 0.423 bits per heavy atom. The second kappa shape index (κ2) is 13.1. The van der Waals surface area contributed by atoms with Crippen molar-refractivity contribution in [3.63, 3.8) is 0 Å². The Bertz CT molecular complexity index is 2590. The molecule has 0 saturated carbocycles. The van der Waals surface area contributed by atoms with Crippen molar-refractivity contribution in [2.24, 2.45) is 28.2 Å². The summed E-state index contributed by atoms with van der Waals surface area (Å²) in [6, 6.07) is 26.5. The Hall–Kier alpha value is -5.66. The van der Waals surface area contributed by atoms with Crippen molar-refractivity contribution in [1.82, 2.24) is 9.97 Å². The molecule has 6 nitrogen and oxygen atoms in total. The molecule has 0 saturated heterocycles. The van der Waals surface area contributed by atoms with Gasteiger partial charge in [0.2, 0.25) is 0 Å². The third kappa shape index (κ3) is 5.95. The van der Waals surface area contributed by atoms with Gasteiger partial charge < -0.3 is 0 Å². The second-order valence-electron chi connectivity index (χ2n) is 13.3. The van der Waals surface area contributed by atoms with Gasteiger partial charge >= 0.3 is 314 Å². The fourth-order valence-corrected chi connectivity index (χ4v) is 10.6. The molecule has 0 fully saturated rings. The molecule has 250 valence electrons. The number of thiophene rings is 1. The molecule has 8 bridgehead atoms. The van der Waals surface area contributed by atoms with Gasteiger partial charge in [-0.2, -0.15) is 0 Å². The minimum atomic E-state index is -0.00975. The van der Waals surface area contributed by atoms with Crippen LogP contribution in [0.25, 0.3) is 86.7 Å². The molecule has 0 aliphatic carbocycles. The molecule has 0 radical (unpaired) electrons. The summed E-state index contributed by atoms with van der Waals surface area (Å²) in [4.78, 5) is 11.0. The first kappa shape index (κ1) is 32.3. The summed E-state index contributed by atoms with van der Waals surface area (Å²) in [7, 11) is 8.27. The second-order valence-corrected chi connectivity index (χ2v) is 16.6. The zero-order valence-corrected chi connectivity index (χ0v) is 31.9. The summed E-state index contributed by atoms with van der Waals surface area (Å²) in [6.45, 7) is 0. The number of fused-ring (bicyclic) bond motifs is 8. The number of pyridine rings is 4. The monoisotopic (exact) mass is 760 g/mol. The van der Waals surface area contributed by atoms with Gasteiger partial charge in [-0.1, -0.05) is 0 Å². The van der Waals surface area contributed by atoms with Gasteiger partial charge in [0, 0.05) is 0 Å². The summed E-state index contributed by atoms with van der Waals surface area (Å²) >= 11 is 1.78. The number of rotatable bonds is 4. The number of hydrogen-bond acceptors (Lipinski definition) is 3. The summed E-state index contributed by atoms with van der Waals surface area (Å²) in [5.74, 6) is 0. The molecule has 7 aromatic rings. The van der Waals surface area contributed by atoms with Crippen LogP contribution in [0, 0.1) is 0 Å². The first-order valence-electron chi connectivity index (χ1n) is 17.2. The Labute approximate surface area is 312 Å². The van der Waals surface area contributed by atoms with E-state index in [-0.39, 0.29) is 14.5 Å². The first-order valence-corrected chi connectivity index (χ1v) is 19.7.